The quantitative estimate of drug-likeness (QED) is 0.541. The van der Waals surface area contributed by atoms with E-state index in [1.165, 1.54) is 18.2 Å². The Kier molecular flexibility index (Phi) is 5.91. The van der Waals surface area contributed by atoms with Crippen LogP contribution < -0.4 is 0 Å². The summed E-state index contributed by atoms with van der Waals surface area (Å²) in [6, 6.07) is 21.1. The summed E-state index contributed by atoms with van der Waals surface area (Å²) in [5, 5.41) is 19.1. The summed E-state index contributed by atoms with van der Waals surface area (Å²) in [6.45, 7) is 5.91. The van der Waals surface area contributed by atoms with Crippen LogP contribution in [-0.2, 0) is 9.84 Å². The first kappa shape index (κ1) is 21.1. The molecule has 30 heavy (non-hydrogen) atoms. The predicted molar refractivity (Wildman–Crippen MR) is 117 cm³/mol. The molecule has 0 saturated heterocycles. The van der Waals surface area contributed by atoms with Crippen molar-refractivity contribution in [3.05, 3.63) is 88.1 Å². The van der Waals surface area contributed by atoms with Crippen LogP contribution in [0.2, 0.25) is 0 Å². The van der Waals surface area contributed by atoms with Gasteiger partial charge in [0.15, 0.2) is 0 Å². The first-order valence-corrected chi connectivity index (χ1v) is 10.9. The van der Waals surface area contributed by atoms with Crippen LogP contribution in [0.4, 0.5) is 0 Å². The Morgan fingerprint density at radius 3 is 2.27 bits per heavy atom. The van der Waals surface area contributed by atoms with Gasteiger partial charge in [-0.25, -0.2) is 8.42 Å². The lowest BCUT2D eigenvalue weighted by Gasteiger charge is -2.15. The molecule has 0 aliphatic heterocycles. The third-order valence-corrected chi connectivity index (χ3v) is 6.59. The molecule has 0 aliphatic rings. The van der Waals surface area contributed by atoms with Crippen LogP contribution in [0.25, 0.3) is 11.8 Å². The van der Waals surface area contributed by atoms with Crippen molar-refractivity contribution in [3.63, 3.8) is 0 Å². The molecular weight excluding hydrogens is 394 g/mol. The van der Waals surface area contributed by atoms with Gasteiger partial charge in [0, 0.05) is 11.4 Å². The van der Waals surface area contributed by atoms with E-state index in [0.29, 0.717) is 11.1 Å². The molecule has 0 spiro atoms. The summed E-state index contributed by atoms with van der Waals surface area (Å²) in [5.41, 5.74) is 3.56. The molecule has 3 rings (SSSR count). The highest BCUT2D eigenvalue weighted by Gasteiger charge is 2.23. The van der Waals surface area contributed by atoms with Crippen molar-refractivity contribution < 1.29 is 8.42 Å². The fourth-order valence-electron chi connectivity index (χ4n) is 3.34. The lowest BCUT2D eigenvalue weighted by atomic mass is 10.1. The number of rotatable bonds is 5. The molecule has 1 aromatic heterocycles. The van der Waals surface area contributed by atoms with Gasteiger partial charge in [-0.15, -0.1) is 0 Å². The lowest BCUT2D eigenvalue weighted by molar-refractivity contribution is 0.603. The number of hydrogen-bond donors (Lipinski definition) is 0. The van der Waals surface area contributed by atoms with Gasteiger partial charge in [-0.3, -0.25) is 0 Å². The first-order valence-electron chi connectivity index (χ1n) is 9.45. The van der Waals surface area contributed by atoms with Crippen molar-refractivity contribution in [2.45, 2.75) is 31.6 Å². The van der Waals surface area contributed by atoms with Crippen LogP contribution >= 0.6 is 0 Å². The van der Waals surface area contributed by atoms with Gasteiger partial charge in [0.2, 0.25) is 9.84 Å². The summed E-state index contributed by atoms with van der Waals surface area (Å²) in [5.74, 6) is 0.119. The van der Waals surface area contributed by atoms with Crippen molar-refractivity contribution >= 4 is 15.9 Å². The monoisotopic (exact) mass is 415 g/mol. The lowest BCUT2D eigenvalue weighted by Crippen LogP contribution is -2.06. The summed E-state index contributed by atoms with van der Waals surface area (Å²) in [6.07, 6.45) is 1.41. The summed E-state index contributed by atoms with van der Waals surface area (Å²) < 4.78 is 27.8. The number of nitrogens with zero attached hydrogens (tertiary/aromatic N) is 3. The molecule has 0 bridgehead atoms. The van der Waals surface area contributed by atoms with Crippen LogP contribution in [-0.4, -0.2) is 13.0 Å². The Morgan fingerprint density at radius 1 is 1.03 bits per heavy atom. The zero-order valence-electron chi connectivity index (χ0n) is 17.0. The van der Waals surface area contributed by atoms with E-state index in [1.807, 2.05) is 49.6 Å². The molecule has 0 N–H and O–H groups in total. The number of para-hydroxylation sites is 1. The Balaban J connectivity index is 2.23. The minimum absolute atomic E-state index is 0.0776. The van der Waals surface area contributed by atoms with Gasteiger partial charge in [-0.05, 0) is 54.8 Å². The summed E-state index contributed by atoms with van der Waals surface area (Å²) in [4.78, 5) is -0.244. The van der Waals surface area contributed by atoms with Crippen LogP contribution in [0, 0.1) is 29.6 Å². The number of hydrogen-bond acceptors (Lipinski definition) is 4. The second-order valence-electron chi connectivity index (χ2n) is 7.17. The fourth-order valence-corrected chi connectivity index (χ4v) is 4.51. The van der Waals surface area contributed by atoms with Gasteiger partial charge in [0.1, 0.15) is 17.0 Å². The number of benzene rings is 2. The van der Waals surface area contributed by atoms with Crippen molar-refractivity contribution in [3.8, 4) is 17.8 Å². The van der Waals surface area contributed by atoms with E-state index in [4.69, 9.17) is 0 Å². The molecule has 0 unspecified atom stereocenters. The molecule has 0 fully saturated rings. The maximum Gasteiger partial charge on any atom is 0.216 e. The third-order valence-electron chi connectivity index (χ3n) is 4.91. The predicted octanol–water partition coefficient (Wildman–Crippen LogP) is 5.12. The molecule has 0 atom stereocenters. The maximum absolute atomic E-state index is 12.9. The molecule has 0 saturated carbocycles. The van der Waals surface area contributed by atoms with Gasteiger partial charge >= 0.3 is 0 Å². The Bertz CT molecular complexity index is 1300. The SMILES string of the molecule is Cc1c(/C=C(\C#N)S(=O)(=O)c2ccccc2)cc(C(C)C)n1-c1ccccc1C#N. The maximum atomic E-state index is 12.9. The van der Waals surface area contributed by atoms with E-state index in [2.05, 4.69) is 6.07 Å². The Morgan fingerprint density at radius 2 is 1.67 bits per heavy atom. The summed E-state index contributed by atoms with van der Waals surface area (Å²) >= 11 is 0. The standard InChI is InChI=1S/C24H21N3O2S/c1-17(2)24-14-20(18(3)27(24)23-12-8-7-9-19(23)15-25)13-22(16-26)30(28,29)21-10-5-4-6-11-21/h4-14,17H,1-3H3/b22-13+. The van der Waals surface area contributed by atoms with Crippen molar-refractivity contribution in [1.29, 1.82) is 10.5 Å². The second-order valence-corrected chi connectivity index (χ2v) is 9.08. The van der Waals surface area contributed by atoms with Crippen LogP contribution in [0.3, 0.4) is 0 Å². The van der Waals surface area contributed by atoms with Gasteiger partial charge in [-0.2, -0.15) is 10.5 Å². The van der Waals surface area contributed by atoms with Gasteiger partial charge in [-0.1, -0.05) is 44.2 Å². The topological polar surface area (TPSA) is 86.7 Å². The third kappa shape index (κ3) is 3.78. The fraction of sp³-hybridized carbons (Fsp3) is 0.167. The van der Waals surface area contributed by atoms with E-state index in [1.54, 1.807) is 30.3 Å². The second kappa shape index (κ2) is 8.41. The van der Waals surface area contributed by atoms with Gasteiger partial charge in [0.05, 0.1) is 16.1 Å². The van der Waals surface area contributed by atoms with E-state index in [-0.39, 0.29) is 15.7 Å². The Labute approximate surface area is 177 Å². The van der Waals surface area contributed by atoms with E-state index in [9.17, 15) is 18.9 Å². The number of nitriles is 2. The van der Waals surface area contributed by atoms with E-state index >= 15 is 0 Å². The minimum Gasteiger partial charge on any atom is -0.316 e. The van der Waals surface area contributed by atoms with Crippen LogP contribution in [0.15, 0.2) is 70.5 Å². The molecule has 3 aromatic rings. The molecule has 6 heteroatoms. The zero-order valence-corrected chi connectivity index (χ0v) is 17.8. The average molecular weight is 416 g/mol. The van der Waals surface area contributed by atoms with E-state index in [0.717, 1.165) is 17.1 Å². The first-order chi connectivity index (χ1) is 14.3. The molecule has 0 aliphatic carbocycles. The highest BCUT2D eigenvalue weighted by molar-refractivity contribution is 7.95. The van der Waals surface area contributed by atoms with Crippen molar-refractivity contribution in [2.24, 2.45) is 0 Å². The molecular formula is C24H21N3O2S. The molecule has 150 valence electrons. The average Bonchev–Trinajstić information content (AvgIpc) is 3.08. The van der Waals surface area contributed by atoms with Crippen molar-refractivity contribution in [1.82, 2.24) is 4.57 Å². The molecule has 2 aromatic carbocycles. The number of allylic oxidation sites excluding steroid dienone is 1. The molecule has 1 heterocycles. The highest BCUT2D eigenvalue weighted by atomic mass is 32.2. The highest BCUT2D eigenvalue weighted by Crippen LogP contribution is 2.30. The van der Waals surface area contributed by atoms with Crippen molar-refractivity contribution in [2.75, 3.05) is 0 Å². The van der Waals surface area contributed by atoms with Gasteiger partial charge < -0.3 is 4.57 Å². The normalized spacial score (nSPS) is 11.9. The largest absolute Gasteiger partial charge is 0.316 e. The molecule has 0 radical (unpaired) electrons. The molecule has 5 nitrogen and oxygen atoms in total. The smallest absolute Gasteiger partial charge is 0.216 e. The molecule has 0 amide bonds. The number of sulfone groups is 1. The number of aromatic nitrogens is 1. The van der Waals surface area contributed by atoms with E-state index < -0.39 is 9.84 Å². The van der Waals surface area contributed by atoms with Crippen LogP contribution in [0.5, 0.6) is 0 Å². The van der Waals surface area contributed by atoms with Gasteiger partial charge in [0.25, 0.3) is 0 Å². The zero-order chi connectivity index (χ0) is 21.9. The van der Waals surface area contributed by atoms with Crippen LogP contribution in [0.1, 0.15) is 42.3 Å². The Hall–Kier alpha value is -3.61. The minimum atomic E-state index is -3.93. The summed E-state index contributed by atoms with van der Waals surface area (Å²) in [7, 11) is -3.93.